The standard InChI is InChI=1S/C10H15N3O.C8H9ClO/c1-3-8-4-11-6-10-12-5-9(7(2)14)13(8)10;1-2-6-3-4-7(9)5-8(6)10/h5,8,11H,3-4,6H2,1-2H3;3-5,10H,2H2,1H3. The number of halogens is 1. The van der Waals surface area contributed by atoms with Gasteiger partial charge in [-0.15, -0.1) is 0 Å². The number of carbonyl (C=O) groups excluding carboxylic acids is 1. The number of benzene rings is 1. The van der Waals surface area contributed by atoms with Crippen molar-refractivity contribution >= 4 is 17.4 Å². The molecule has 0 saturated carbocycles. The van der Waals surface area contributed by atoms with Crippen LogP contribution in [0.4, 0.5) is 0 Å². The number of phenolic OH excluding ortho intramolecular Hbond substituents is 1. The first-order valence-electron chi connectivity index (χ1n) is 8.23. The number of nitrogens with one attached hydrogen (secondary N) is 1. The van der Waals surface area contributed by atoms with E-state index in [1.807, 2.05) is 13.0 Å². The second kappa shape index (κ2) is 8.31. The number of aromatic hydroxyl groups is 1. The number of hydrogen-bond acceptors (Lipinski definition) is 4. The molecule has 0 fully saturated rings. The zero-order chi connectivity index (χ0) is 17.7. The van der Waals surface area contributed by atoms with Gasteiger partial charge in [0.25, 0.3) is 0 Å². The van der Waals surface area contributed by atoms with Gasteiger partial charge in [0.2, 0.25) is 0 Å². The number of aryl methyl sites for hydroxylation is 1. The normalized spacial score (nSPS) is 16.1. The largest absolute Gasteiger partial charge is 0.508 e. The molecule has 2 aromatic rings. The molecule has 0 radical (unpaired) electrons. The second-order valence-electron chi connectivity index (χ2n) is 5.81. The van der Waals surface area contributed by atoms with E-state index in [0.717, 1.165) is 43.0 Å². The minimum atomic E-state index is 0.101. The van der Waals surface area contributed by atoms with Crippen molar-refractivity contribution in [3.63, 3.8) is 0 Å². The molecule has 1 aromatic heterocycles. The lowest BCUT2D eigenvalue weighted by Crippen LogP contribution is -2.34. The van der Waals surface area contributed by atoms with Gasteiger partial charge >= 0.3 is 0 Å². The van der Waals surface area contributed by atoms with Gasteiger partial charge in [-0.1, -0.05) is 31.5 Å². The highest BCUT2D eigenvalue weighted by Gasteiger charge is 2.23. The summed E-state index contributed by atoms with van der Waals surface area (Å²) < 4.78 is 2.08. The quantitative estimate of drug-likeness (QED) is 0.828. The van der Waals surface area contributed by atoms with Crippen molar-refractivity contribution in [1.82, 2.24) is 14.9 Å². The average Bonchev–Trinajstić information content (AvgIpc) is 3.00. The molecule has 0 saturated heterocycles. The SMILES string of the molecule is CCC1CNCc2ncc(C(C)=O)n21.CCc1ccc(Cl)cc1O. The molecule has 3 rings (SSSR count). The lowest BCUT2D eigenvalue weighted by molar-refractivity contribution is 0.100. The number of rotatable bonds is 3. The number of aromatic nitrogens is 2. The smallest absolute Gasteiger partial charge is 0.177 e. The van der Waals surface area contributed by atoms with Crippen LogP contribution in [0.15, 0.2) is 24.4 Å². The van der Waals surface area contributed by atoms with Crippen LogP contribution in [-0.2, 0) is 13.0 Å². The minimum Gasteiger partial charge on any atom is -0.508 e. The molecule has 2 N–H and O–H groups in total. The number of fused-ring (bicyclic) bond motifs is 1. The third kappa shape index (κ3) is 4.16. The Morgan fingerprint density at radius 2 is 2.21 bits per heavy atom. The van der Waals surface area contributed by atoms with Gasteiger partial charge in [0.05, 0.1) is 12.7 Å². The summed E-state index contributed by atoms with van der Waals surface area (Å²) in [5.41, 5.74) is 1.68. The van der Waals surface area contributed by atoms with Crippen molar-refractivity contribution in [2.75, 3.05) is 6.54 Å². The van der Waals surface area contributed by atoms with Crippen LogP contribution in [0.25, 0.3) is 0 Å². The Labute approximate surface area is 147 Å². The first-order chi connectivity index (χ1) is 11.5. The first-order valence-corrected chi connectivity index (χ1v) is 8.60. The van der Waals surface area contributed by atoms with E-state index in [0.29, 0.717) is 11.1 Å². The Morgan fingerprint density at radius 3 is 2.79 bits per heavy atom. The molecule has 0 bridgehead atoms. The summed E-state index contributed by atoms with van der Waals surface area (Å²) in [5.74, 6) is 1.37. The Kier molecular flexibility index (Phi) is 6.40. The van der Waals surface area contributed by atoms with E-state index in [4.69, 9.17) is 11.6 Å². The van der Waals surface area contributed by atoms with Crippen LogP contribution in [0.1, 0.15) is 55.1 Å². The van der Waals surface area contributed by atoms with Crippen LogP contribution in [0.2, 0.25) is 5.02 Å². The molecule has 1 aliphatic heterocycles. The molecule has 130 valence electrons. The molecule has 0 spiro atoms. The maximum atomic E-state index is 11.4. The molecule has 1 aliphatic rings. The Balaban J connectivity index is 0.000000185. The van der Waals surface area contributed by atoms with Gasteiger partial charge in [-0.25, -0.2) is 4.98 Å². The topological polar surface area (TPSA) is 67.2 Å². The number of Topliss-reactive ketones (excluding diaryl/α,β-unsaturated/α-hetero) is 1. The zero-order valence-electron chi connectivity index (χ0n) is 14.3. The molecular weight excluding hydrogens is 326 g/mol. The highest BCUT2D eigenvalue weighted by molar-refractivity contribution is 6.30. The highest BCUT2D eigenvalue weighted by atomic mass is 35.5. The monoisotopic (exact) mass is 349 g/mol. The molecular formula is C18H24ClN3O2. The van der Waals surface area contributed by atoms with Crippen LogP contribution in [0, 0.1) is 0 Å². The number of imidazole rings is 1. The molecule has 1 aromatic carbocycles. The van der Waals surface area contributed by atoms with Crippen molar-refractivity contribution in [2.45, 2.75) is 46.2 Å². The lowest BCUT2D eigenvalue weighted by atomic mass is 10.1. The number of phenols is 1. The van der Waals surface area contributed by atoms with Crippen molar-refractivity contribution in [1.29, 1.82) is 0 Å². The second-order valence-corrected chi connectivity index (χ2v) is 6.24. The third-order valence-corrected chi connectivity index (χ3v) is 4.40. The van der Waals surface area contributed by atoms with Crippen LogP contribution >= 0.6 is 11.6 Å². The number of nitrogens with zero attached hydrogens (tertiary/aromatic N) is 2. The fourth-order valence-corrected chi connectivity index (χ4v) is 2.97. The fraction of sp³-hybridized carbons (Fsp3) is 0.444. The summed E-state index contributed by atoms with van der Waals surface area (Å²) in [6.07, 6.45) is 3.55. The van der Waals surface area contributed by atoms with E-state index in [-0.39, 0.29) is 11.5 Å². The molecule has 6 heteroatoms. The minimum absolute atomic E-state index is 0.101. The van der Waals surface area contributed by atoms with E-state index in [1.165, 1.54) is 0 Å². The Morgan fingerprint density at radius 1 is 1.46 bits per heavy atom. The van der Waals surface area contributed by atoms with E-state index >= 15 is 0 Å². The van der Waals surface area contributed by atoms with Gasteiger partial charge in [-0.3, -0.25) is 4.79 Å². The van der Waals surface area contributed by atoms with Crippen molar-refractivity contribution < 1.29 is 9.90 Å². The van der Waals surface area contributed by atoms with Gasteiger partial charge in [0.15, 0.2) is 5.78 Å². The number of carbonyl (C=O) groups is 1. The molecule has 5 nitrogen and oxygen atoms in total. The van der Waals surface area contributed by atoms with Gasteiger partial charge in [0, 0.05) is 24.5 Å². The van der Waals surface area contributed by atoms with Gasteiger partial charge in [-0.05, 0) is 30.5 Å². The molecule has 2 heterocycles. The maximum absolute atomic E-state index is 11.4. The van der Waals surface area contributed by atoms with Crippen molar-refractivity contribution in [3.8, 4) is 5.75 Å². The van der Waals surface area contributed by atoms with Gasteiger partial charge < -0.3 is 15.0 Å². The maximum Gasteiger partial charge on any atom is 0.177 e. The van der Waals surface area contributed by atoms with E-state index < -0.39 is 0 Å². The number of ketones is 1. The summed E-state index contributed by atoms with van der Waals surface area (Å²) in [6.45, 7) is 7.41. The highest BCUT2D eigenvalue weighted by Crippen LogP contribution is 2.22. The fourth-order valence-electron chi connectivity index (χ4n) is 2.80. The summed E-state index contributed by atoms with van der Waals surface area (Å²) >= 11 is 5.61. The third-order valence-electron chi connectivity index (χ3n) is 4.16. The average molecular weight is 350 g/mol. The zero-order valence-corrected chi connectivity index (χ0v) is 15.1. The molecule has 0 amide bonds. The molecule has 24 heavy (non-hydrogen) atoms. The van der Waals surface area contributed by atoms with Crippen molar-refractivity contribution in [3.05, 3.63) is 46.5 Å². The predicted molar refractivity (Wildman–Crippen MR) is 95.8 cm³/mol. The lowest BCUT2D eigenvalue weighted by Gasteiger charge is -2.26. The summed E-state index contributed by atoms with van der Waals surface area (Å²) in [4.78, 5) is 15.6. The Hall–Kier alpha value is -1.85. The summed E-state index contributed by atoms with van der Waals surface area (Å²) in [6, 6.07) is 5.54. The first kappa shape index (κ1) is 18.5. The Bertz CT molecular complexity index is 712. The summed E-state index contributed by atoms with van der Waals surface area (Å²) in [5, 5.41) is 13.1. The van der Waals surface area contributed by atoms with Crippen LogP contribution < -0.4 is 5.32 Å². The van der Waals surface area contributed by atoms with E-state index in [1.54, 1.807) is 25.3 Å². The molecule has 1 atom stereocenters. The van der Waals surface area contributed by atoms with Crippen LogP contribution in [0.5, 0.6) is 5.75 Å². The van der Waals surface area contributed by atoms with E-state index in [2.05, 4.69) is 21.8 Å². The number of hydrogen-bond donors (Lipinski definition) is 2. The van der Waals surface area contributed by atoms with Gasteiger partial charge in [0.1, 0.15) is 17.3 Å². The molecule has 1 unspecified atom stereocenters. The van der Waals surface area contributed by atoms with E-state index in [9.17, 15) is 9.90 Å². The van der Waals surface area contributed by atoms with Crippen LogP contribution in [-0.4, -0.2) is 27.0 Å². The van der Waals surface area contributed by atoms with Crippen LogP contribution in [0.3, 0.4) is 0 Å². The predicted octanol–water partition coefficient (Wildman–Crippen LogP) is 3.75. The molecule has 0 aliphatic carbocycles. The van der Waals surface area contributed by atoms with Gasteiger partial charge in [-0.2, -0.15) is 0 Å². The van der Waals surface area contributed by atoms with Crippen molar-refractivity contribution in [2.24, 2.45) is 0 Å². The summed E-state index contributed by atoms with van der Waals surface area (Å²) in [7, 11) is 0.